The summed E-state index contributed by atoms with van der Waals surface area (Å²) in [6.45, 7) is 4.00. The third-order valence-electron chi connectivity index (χ3n) is 0.637. The molecular weight excluding hydrogens is 140 g/mol. The highest BCUT2D eigenvalue weighted by Gasteiger charge is 1.69. The number of nitrogens with zero attached hydrogens (tertiary/aromatic N) is 2. The van der Waals surface area contributed by atoms with Crippen LogP contribution in [0.2, 0.25) is 0 Å². The van der Waals surface area contributed by atoms with Crippen molar-refractivity contribution in [1.82, 2.24) is 9.78 Å². The van der Waals surface area contributed by atoms with Crippen molar-refractivity contribution in [1.29, 1.82) is 0 Å². The molecule has 3 nitrogen and oxygen atoms in total. The maximum atomic E-state index is 4.25. The molecule has 1 aromatic rings. The van der Waals surface area contributed by atoms with Crippen LogP contribution in [0.3, 0.4) is 0 Å². The molecule has 0 saturated heterocycles. The van der Waals surface area contributed by atoms with E-state index in [2.05, 4.69) is 9.84 Å². The van der Waals surface area contributed by atoms with Gasteiger partial charge in [0.05, 0.1) is 0 Å². The first-order valence-corrected chi connectivity index (χ1v) is 3.65. The van der Waals surface area contributed by atoms with Crippen molar-refractivity contribution in [2.75, 3.05) is 14.2 Å². The Morgan fingerprint density at radius 3 is 1.82 bits per heavy atom. The number of methoxy groups -OCH3 is 1. The van der Waals surface area contributed by atoms with Crippen molar-refractivity contribution >= 4 is 0 Å². The van der Waals surface area contributed by atoms with E-state index in [4.69, 9.17) is 0 Å². The Bertz CT molecular complexity index is 127. The number of rotatable bonds is 0. The van der Waals surface area contributed by atoms with Gasteiger partial charge in [0.25, 0.3) is 0 Å². The monoisotopic (exact) mass is 158 g/mol. The van der Waals surface area contributed by atoms with Gasteiger partial charge in [-0.25, -0.2) is 0 Å². The second-order valence-corrected chi connectivity index (χ2v) is 1.59. The smallest absolute Gasteiger partial charge is 0.0489 e. The molecule has 0 aliphatic rings. The van der Waals surface area contributed by atoms with E-state index in [-0.39, 0.29) is 0 Å². The number of hydrogen-bond acceptors (Lipinski definition) is 2. The first kappa shape index (κ1) is 12.8. The standard InChI is InChI=1S/C4H6N2.C2H6O.C2H6/c1-6-4-2-3-5-6;1-3-2;1-2/h2-4H,1H3;1-2H3;1-2H3. The SMILES string of the molecule is CC.COC.Cn1cccn1. The van der Waals surface area contributed by atoms with E-state index in [1.54, 1.807) is 25.1 Å². The summed E-state index contributed by atoms with van der Waals surface area (Å²) in [5.74, 6) is 0. The predicted octanol–water partition coefficient (Wildman–Crippen LogP) is 1.71. The molecule has 0 bridgehead atoms. The van der Waals surface area contributed by atoms with E-state index in [9.17, 15) is 0 Å². The van der Waals surface area contributed by atoms with Gasteiger partial charge in [0.1, 0.15) is 0 Å². The minimum absolute atomic E-state index is 1.62. The molecule has 1 rings (SSSR count). The van der Waals surface area contributed by atoms with E-state index in [0.717, 1.165) is 0 Å². The van der Waals surface area contributed by atoms with Gasteiger partial charge in [0.15, 0.2) is 0 Å². The molecular formula is C8H18N2O. The lowest BCUT2D eigenvalue weighted by Crippen LogP contribution is -1.83. The second kappa shape index (κ2) is 11.9. The Hall–Kier alpha value is -0.830. The first-order valence-electron chi connectivity index (χ1n) is 3.65. The van der Waals surface area contributed by atoms with Crippen LogP contribution in [-0.2, 0) is 11.8 Å². The molecule has 1 aromatic heterocycles. The van der Waals surface area contributed by atoms with Crippen molar-refractivity contribution in [3.63, 3.8) is 0 Å². The zero-order valence-corrected chi connectivity index (χ0v) is 8.03. The predicted molar refractivity (Wildman–Crippen MR) is 47.5 cm³/mol. The minimum atomic E-state index is 1.62. The average Bonchev–Trinajstić information content (AvgIpc) is 2.46. The third kappa shape index (κ3) is 12.4. The lowest BCUT2D eigenvalue weighted by molar-refractivity contribution is 0.277. The maximum absolute atomic E-state index is 4.25. The van der Waals surface area contributed by atoms with Gasteiger partial charge in [-0.3, -0.25) is 4.68 Å². The molecule has 66 valence electrons. The van der Waals surface area contributed by atoms with E-state index < -0.39 is 0 Å². The molecule has 11 heavy (non-hydrogen) atoms. The number of aryl methyl sites for hydroxylation is 1. The van der Waals surface area contributed by atoms with Crippen LogP contribution in [0.15, 0.2) is 18.5 Å². The Morgan fingerprint density at radius 1 is 1.27 bits per heavy atom. The Morgan fingerprint density at radius 2 is 1.73 bits per heavy atom. The zero-order valence-electron chi connectivity index (χ0n) is 8.03. The van der Waals surface area contributed by atoms with Gasteiger partial charge in [-0.15, -0.1) is 0 Å². The van der Waals surface area contributed by atoms with Crippen LogP contribution in [0.5, 0.6) is 0 Å². The molecule has 0 aliphatic heterocycles. The van der Waals surface area contributed by atoms with Crippen molar-refractivity contribution in [2.24, 2.45) is 7.05 Å². The van der Waals surface area contributed by atoms with Gasteiger partial charge >= 0.3 is 0 Å². The van der Waals surface area contributed by atoms with Gasteiger partial charge in [-0.1, -0.05) is 13.8 Å². The van der Waals surface area contributed by atoms with Crippen LogP contribution < -0.4 is 0 Å². The van der Waals surface area contributed by atoms with E-state index in [1.165, 1.54) is 0 Å². The van der Waals surface area contributed by atoms with Crippen molar-refractivity contribution in [2.45, 2.75) is 13.8 Å². The second-order valence-electron chi connectivity index (χ2n) is 1.59. The fourth-order valence-electron chi connectivity index (χ4n) is 0.345. The molecule has 0 fully saturated rings. The van der Waals surface area contributed by atoms with Crippen LogP contribution in [0.25, 0.3) is 0 Å². The molecule has 1 heterocycles. The molecule has 0 aliphatic carbocycles. The van der Waals surface area contributed by atoms with Gasteiger partial charge in [0.2, 0.25) is 0 Å². The van der Waals surface area contributed by atoms with Crippen LogP contribution in [0.4, 0.5) is 0 Å². The molecule has 0 saturated carbocycles. The summed E-state index contributed by atoms with van der Waals surface area (Å²) in [6.07, 6.45) is 3.64. The Kier molecular flexibility index (Phi) is 13.9. The van der Waals surface area contributed by atoms with E-state index in [1.807, 2.05) is 33.2 Å². The average molecular weight is 158 g/mol. The molecule has 3 heteroatoms. The summed E-state index contributed by atoms with van der Waals surface area (Å²) in [7, 11) is 5.14. The Labute approximate surface area is 69.0 Å². The normalized spacial score (nSPS) is 7.00. The molecule has 0 N–H and O–H groups in total. The number of ether oxygens (including phenoxy) is 1. The third-order valence-corrected chi connectivity index (χ3v) is 0.637. The van der Waals surface area contributed by atoms with Crippen LogP contribution in [-0.4, -0.2) is 24.0 Å². The van der Waals surface area contributed by atoms with Crippen LogP contribution in [0, 0.1) is 0 Å². The fourth-order valence-corrected chi connectivity index (χ4v) is 0.345. The van der Waals surface area contributed by atoms with Crippen molar-refractivity contribution in [3.8, 4) is 0 Å². The summed E-state index contributed by atoms with van der Waals surface area (Å²) in [5.41, 5.74) is 0. The van der Waals surface area contributed by atoms with Gasteiger partial charge in [0, 0.05) is 33.7 Å². The largest absolute Gasteiger partial charge is 0.388 e. The molecule has 0 spiro atoms. The highest BCUT2D eigenvalue weighted by molar-refractivity contribution is 4.75. The topological polar surface area (TPSA) is 27.1 Å². The molecule has 0 radical (unpaired) electrons. The van der Waals surface area contributed by atoms with Gasteiger partial charge < -0.3 is 4.74 Å². The maximum Gasteiger partial charge on any atom is 0.0489 e. The van der Waals surface area contributed by atoms with Crippen molar-refractivity contribution < 1.29 is 4.74 Å². The quantitative estimate of drug-likeness (QED) is 0.574. The van der Waals surface area contributed by atoms with Gasteiger partial charge in [-0.05, 0) is 6.07 Å². The Balaban J connectivity index is 0. The molecule has 0 atom stereocenters. The highest BCUT2D eigenvalue weighted by Crippen LogP contribution is 1.73. The molecule has 0 aromatic carbocycles. The fraction of sp³-hybridized carbons (Fsp3) is 0.625. The van der Waals surface area contributed by atoms with Crippen LogP contribution >= 0.6 is 0 Å². The molecule has 0 amide bonds. The highest BCUT2D eigenvalue weighted by atomic mass is 16.4. The summed E-state index contributed by atoms with van der Waals surface area (Å²) >= 11 is 0. The van der Waals surface area contributed by atoms with Crippen LogP contribution in [0.1, 0.15) is 13.8 Å². The summed E-state index contributed by atoms with van der Waals surface area (Å²) < 4.78 is 6.00. The summed E-state index contributed by atoms with van der Waals surface area (Å²) in [4.78, 5) is 0. The zero-order chi connectivity index (χ0) is 9.11. The van der Waals surface area contributed by atoms with E-state index >= 15 is 0 Å². The number of aromatic nitrogens is 2. The molecule has 0 unspecified atom stereocenters. The van der Waals surface area contributed by atoms with E-state index in [0.29, 0.717) is 0 Å². The summed E-state index contributed by atoms with van der Waals surface area (Å²) in [5, 5.41) is 3.83. The minimum Gasteiger partial charge on any atom is -0.388 e. The first-order chi connectivity index (χ1) is 5.31. The van der Waals surface area contributed by atoms with Crippen molar-refractivity contribution in [3.05, 3.63) is 18.5 Å². The number of hydrogen-bond donors (Lipinski definition) is 0. The lowest BCUT2D eigenvalue weighted by Gasteiger charge is -1.77. The summed E-state index contributed by atoms with van der Waals surface area (Å²) in [6, 6.07) is 1.89. The lowest BCUT2D eigenvalue weighted by atomic mass is 10.8. The van der Waals surface area contributed by atoms with Gasteiger partial charge in [-0.2, -0.15) is 5.10 Å².